The Kier molecular flexibility index (Phi) is 5.41. The van der Waals surface area contributed by atoms with Gasteiger partial charge in [0.2, 0.25) is 0 Å². The Bertz CT molecular complexity index is 440. The van der Waals surface area contributed by atoms with Gasteiger partial charge in [-0.2, -0.15) is 0 Å². The van der Waals surface area contributed by atoms with Gasteiger partial charge in [-0.1, -0.05) is 30.3 Å². The maximum atomic E-state index is 11.5. The third kappa shape index (κ3) is 4.91. The van der Waals surface area contributed by atoms with Crippen molar-refractivity contribution in [1.29, 1.82) is 0 Å². The second kappa shape index (κ2) is 7.53. The standard InChI is InChI=1S/C15H19NO4/c17-14(20-13-8-4-5-9-13)10-16-15(18)19-11-12-6-2-1-3-7-12/h1-3,6-7,13H,4-5,8-11H2,(H,16,18). The monoisotopic (exact) mass is 277 g/mol. The molecule has 5 nitrogen and oxygen atoms in total. The normalized spacial score (nSPS) is 14.8. The molecule has 1 aliphatic rings. The molecule has 108 valence electrons. The minimum absolute atomic E-state index is 0.0182. The van der Waals surface area contributed by atoms with E-state index in [0.717, 1.165) is 31.2 Å². The molecule has 1 aromatic rings. The van der Waals surface area contributed by atoms with E-state index in [4.69, 9.17) is 9.47 Å². The van der Waals surface area contributed by atoms with Gasteiger partial charge in [0, 0.05) is 0 Å². The summed E-state index contributed by atoms with van der Waals surface area (Å²) in [6, 6.07) is 9.36. The Morgan fingerprint density at radius 2 is 1.85 bits per heavy atom. The Morgan fingerprint density at radius 1 is 1.15 bits per heavy atom. The van der Waals surface area contributed by atoms with Crippen LogP contribution in [0.1, 0.15) is 31.2 Å². The number of carbonyl (C=O) groups is 2. The Balaban J connectivity index is 1.61. The van der Waals surface area contributed by atoms with Gasteiger partial charge in [0.1, 0.15) is 19.3 Å². The lowest BCUT2D eigenvalue weighted by molar-refractivity contribution is -0.147. The van der Waals surface area contributed by atoms with Crippen molar-refractivity contribution >= 4 is 12.1 Å². The number of ether oxygens (including phenoxy) is 2. The zero-order valence-electron chi connectivity index (χ0n) is 11.3. The lowest BCUT2D eigenvalue weighted by Crippen LogP contribution is -2.32. The van der Waals surface area contributed by atoms with E-state index in [1.54, 1.807) is 0 Å². The number of rotatable bonds is 5. The molecule has 1 fully saturated rings. The average Bonchev–Trinajstić information content (AvgIpc) is 2.97. The first kappa shape index (κ1) is 14.4. The largest absolute Gasteiger partial charge is 0.461 e. The van der Waals surface area contributed by atoms with Crippen molar-refractivity contribution in [2.75, 3.05) is 6.54 Å². The fraction of sp³-hybridized carbons (Fsp3) is 0.467. The van der Waals surface area contributed by atoms with E-state index in [9.17, 15) is 9.59 Å². The number of nitrogens with one attached hydrogen (secondary N) is 1. The Hall–Kier alpha value is -2.04. The van der Waals surface area contributed by atoms with Crippen molar-refractivity contribution in [2.24, 2.45) is 0 Å². The number of esters is 1. The van der Waals surface area contributed by atoms with Crippen LogP contribution in [-0.2, 0) is 20.9 Å². The maximum Gasteiger partial charge on any atom is 0.407 e. The first-order valence-corrected chi connectivity index (χ1v) is 6.88. The molecule has 0 saturated heterocycles. The van der Waals surface area contributed by atoms with E-state index < -0.39 is 12.1 Å². The highest BCUT2D eigenvalue weighted by Gasteiger charge is 2.19. The highest BCUT2D eigenvalue weighted by Crippen LogP contribution is 2.20. The van der Waals surface area contributed by atoms with Crippen molar-refractivity contribution in [1.82, 2.24) is 5.32 Å². The molecule has 0 unspecified atom stereocenters. The molecule has 0 aromatic heterocycles. The zero-order chi connectivity index (χ0) is 14.2. The van der Waals surface area contributed by atoms with Crippen LogP contribution in [0.2, 0.25) is 0 Å². The van der Waals surface area contributed by atoms with E-state index in [-0.39, 0.29) is 19.3 Å². The summed E-state index contributed by atoms with van der Waals surface area (Å²) in [4.78, 5) is 22.9. The number of hydrogen-bond acceptors (Lipinski definition) is 4. The van der Waals surface area contributed by atoms with Crippen LogP contribution >= 0.6 is 0 Å². The van der Waals surface area contributed by atoms with E-state index in [2.05, 4.69) is 5.32 Å². The molecule has 1 saturated carbocycles. The average molecular weight is 277 g/mol. The number of carbonyl (C=O) groups excluding carboxylic acids is 2. The summed E-state index contributed by atoms with van der Waals surface area (Å²) in [5, 5.41) is 2.39. The van der Waals surface area contributed by atoms with Crippen LogP contribution in [0.3, 0.4) is 0 Å². The third-order valence-electron chi connectivity index (χ3n) is 3.19. The fourth-order valence-corrected chi connectivity index (χ4v) is 2.15. The van der Waals surface area contributed by atoms with Gasteiger partial charge >= 0.3 is 12.1 Å². The van der Waals surface area contributed by atoms with E-state index in [1.807, 2.05) is 30.3 Å². The molecule has 0 aliphatic heterocycles. The second-order valence-electron chi connectivity index (χ2n) is 4.81. The zero-order valence-corrected chi connectivity index (χ0v) is 11.3. The van der Waals surface area contributed by atoms with Crippen molar-refractivity contribution in [3.8, 4) is 0 Å². The van der Waals surface area contributed by atoms with Crippen LogP contribution < -0.4 is 5.32 Å². The molecule has 1 amide bonds. The molecule has 1 N–H and O–H groups in total. The van der Waals surface area contributed by atoms with Crippen LogP contribution in [0.15, 0.2) is 30.3 Å². The van der Waals surface area contributed by atoms with Gasteiger partial charge in [0.05, 0.1) is 0 Å². The maximum absolute atomic E-state index is 11.5. The van der Waals surface area contributed by atoms with Crippen LogP contribution in [-0.4, -0.2) is 24.7 Å². The lowest BCUT2D eigenvalue weighted by Gasteiger charge is -2.11. The number of benzene rings is 1. The molecular formula is C15H19NO4. The Morgan fingerprint density at radius 3 is 2.55 bits per heavy atom. The van der Waals surface area contributed by atoms with Gasteiger partial charge < -0.3 is 14.8 Å². The summed E-state index contributed by atoms with van der Waals surface area (Å²) in [5.74, 6) is -0.409. The molecule has 0 radical (unpaired) electrons. The molecule has 1 aromatic carbocycles. The summed E-state index contributed by atoms with van der Waals surface area (Å²) in [6.45, 7) is 0.0362. The second-order valence-corrected chi connectivity index (χ2v) is 4.81. The number of alkyl carbamates (subject to hydrolysis) is 1. The smallest absolute Gasteiger partial charge is 0.407 e. The molecule has 20 heavy (non-hydrogen) atoms. The minimum atomic E-state index is -0.614. The van der Waals surface area contributed by atoms with Gasteiger partial charge in [-0.3, -0.25) is 4.79 Å². The first-order chi connectivity index (χ1) is 9.74. The molecule has 2 rings (SSSR count). The van der Waals surface area contributed by atoms with Gasteiger partial charge in [0.15, 0.2) is 0 Å². The predicted octanol–water partition coefficient (Wildman–Crippen LogP) is 2.40. The molecule has 0 heterocycles. The van der Waals surface area contributed by atoms with Crippen molar-refractivity contribution in [3.63, 3.8) is 0 Å². The van der Waals surface area contributed by atoms with E-state index in [1.165, 1.54) is 0 Å². The SMILES string of the molecule is O=C(CNC(=O)OCc1ccccc1)OC1CCCC1. The molecule has 1 aliphatic carbocycles. The number of amides is 1. The van der Waals surface area contributed by atoms with Gasteiger partial charge in [-0.15, -0.1) is 0 Å². The van der Waals surface area contributed by atoms with Crippen LogP contribution in [0.4, 0.5) is 4.79 Å². The molecule has 0 spiro atoms. The highest BCUT2D eigenvalue weighted by molar-refractivity contribution is 5.77. The van der Waals surface area contributed by atoms with Gasteiger partial charge in [-0.05, 0) is 31.2 Å². The van der Waals surface area contributed by atoms with Crippen molar-refractivity contribution in [3.05, 3.63) is 35.9 Å². The predicted molar refractivity (Wildman–Crippen MR) is 73.0 cm³/mol. The lowest BCUT2D eigenvalue weighted by atomic mass is 10.2. The fourth-order valence-electron chi connectivity index (χ4n) is 2.15. The van der Waals surface area contributed by atoms with E-state index in [0.29, 0.717) is 0 Å². The van der Waals surface area contributed by atoms with Crippen molar-refractivity contribution < 1.29 is 19.1 Å². The highest BCUT2D eigenvalue weighted by atomic mass is 16.6. The third-order valence-corrected chi connectivity index (χ3v) is 3.19. The minimum Gasteiger partial charge on any atom is -0.461 e. The molecule has 0 bridgehead atoms. The summed E-state index contributed by atoms with van der Waals surface area (Å²) in [5.41, 5.74) is 0.899. The molecular weight excluding hydrogens is 258 g/mol. The van der Waals surface area contributed by atoms with Crippen molar-refractivity contribution in [2.45, 2.75) is 38.4 Å². The number of hydrogen-bond donors (Lipinski definition) is 1. The van der Waals surface area contributed by atoms with Gasteiger partial charge in [-0.25, -0.2) is 4.79 Å². The van der Waals surface area contributed by atoms with E-state index >= 15 is 0 Å². The van der Waals surface area contributed by atoms with Crippen LogP contribution in [0.25, 0.3) is 0 Å². The summed E-state index contributed by atoms with van der Waals surface area (Å²) >= 11 is 0. The summed E-state index contributed by atoms with van der Waals surface area (Å²) in [7, 11) is 0. The molecule has 5 heteroatoms. The van der Waals surface area contributed by atoms with Crippen LogP contribution in [0, 0.1) is 0 Å². The summed E-state index contributed by atoms with van der Waals surface area (Å²) < 4.78 is 10.2. The molecule has 0 atom stereocenters. The summed E-state index contributed by atoms with van der Waals surface area (Å²) in [6.07, 6.45) is 3.45. The first-order valence-electron chi connectivity index (χ1n) is 6.88. The Labute approximate surface area is 118 Å². The topological polar surface area (TPSA) is 64.6 Å². The quantitative estimate of drug-likeness (QED) is 0.839. The van der Waals surface area contributed by atoms with Crippen LogP contribution in [0.5, 0.6) is 0 Å². The van der Waals surface area contributed by atoms with Gasteiger partial charge in [0.25, 0.3) is 0 Å².